The second kappa shape index (κ2) is 25.7. The lowest BCUT2D eigenvalue weighted by Gasteiger charge is -2.28. The molecular formula is C27H58O4Si. The first-order valence-corrected chi connectivity index (χ1v) is 15.9. The molecule has 0 rings (SSSR count). The molecule has 0 aliphatic carbocycles. The van der Waals surface area contributed by atoms with Gasteiger partial charge in [0, 0.05) is 26.4 Å². The molecule has 0 heterocycles. The maximum absolute atomic E-state index is 6.35. The van der Waals surface area contributed by atoms with E-state index in [0.29, 0.717) is 26.4 Å². The van der Waals surface area contributed by atoms with E-state index in [1.165, 1.54) is 96.3 Å². The lowest BCUT2D eigenvalue weighted by atomic mass is 10.1. The smallest absolute Gasteiger partial charge is 0.351 e. The van der Waals surface area contributed by atoms with Gasteiger partial charge in [0.05, 0.1) is 0 Å². The van der Waals surface area contributed by atoms with Crippen LogP contribution in [0.1, 0.15) is 150 Å². The van der Waals surface area contributed by atoms with Crippen molar-refractivity contribution < 1.29 is 17.7 Å². The fourth-order valence-corrected chi connectivity index (χ4v) is 5.76. The average molecular weight is 475 g/mol. The van der Waals surface area contributed by atoms with E-state index in [1.807, 2.05) is 0 Å². The van der Waals surface area contributed by atoms with Gasteiger partial charge < -0.3 is 17.7 Å². The van der Waals surface area contributed by atoms with Crippen molar-refractivity contribution in [1.82, 2.24) is 0 Å². The van der Waals surface area contributed by atoms with Crippen molar-refractivity contribution in [3.05, 3.63) is 0 Å². The summed E-state index contributed by atoms with van der Waals surface area (Å²) >= 11 is 0. The Bertz CT molecular complexity index is 319. The third kappa shape index (κ3) is 20.6. The molecule has 0 aromatic rings. The molecule has 32 heavy (non-hydrogen) atoms. The van der Waals surface area contributed by atoms with E-state index in [1.54, 1.807) is 0 Å². The molecule has 194 valence electrons. The molecule has 0 amide bonds. The Labute approximate surface area is 203 Å². The molecule has 0 atom stereocenters. The highest BCUT2D eigenvalue weighted by atomic mass is 28.4. The summed E-state index contributed by atoms with van der Waals surface area (Å²) in [6, 6.07) is 0. The van der Waals surface area contributed by atoms with E-state index in [2.05, 4.69) is 27.7 Å². The fraction of sp³-hybridized carbons (Fsp3) is 1.00. The first-order valence-electron chi connectivity index (χ1n) is 14.3. The molecular weight excluding hydrogens is 416 g/mol. The summed E-state index contributed by atoms with van der Waals surface area (Å²) in [5.74, 6) is 0. The van der Waals surface area contributed by atoms with Gasteiger partial charge in [0.1, 0.15) is 0 Å². The predicted molar refractivity (Wildman–Crippen MR) is 140 cm³/mol. The summed E-state index contributed by atoms with van der Waals surface area (Å²) in [6.07, 6.45) is 23.2. The van der Waals surface area contributed by atoms with E-state index in [4.69, 9.17) is 17.7 Å². The minimum absolute atomic E-state index is 0.688. The third-order valence-corrected chi connectivity index (χ3v) is 8.09. The lowest BCUT2D eigenvalue weighted by Crippen LogP contribution is -2.50. The molecule has 0 N–H and O–H groups in total. The van der Waals surface area contributed by atoms with Crippen molar-refractivity contribution in [3.8, 4) is 0 Å². The van der Waals surface area contributed by atoms with E-state index in [-0.39, 0.29) is 0 Å². The summed E-state index contributed by atoms with van der Waals surface area (Å²) in [5, 5.41) is 0. The quantitative estimate of drug-likeness (QED) is 0.0879. The second-order valence-electron chi connectivity index (χ2n) is 9.20. The average Bonchev–Trinajstić information content (AvgIpc) is 2.80. The molecule has 0 aliphatic heterocycles. The van der Waals surface area contributed by atoms with Crippen LogP contribution < -0.4 is 0 Å². The Morgan fingerprint density at radius 3 is 0.812 bits per heavy atom. The zero-order chi connectivity index (χ0) is 23.6. The van der Waals surface area contributed by atoms with E-state index in [0.717, 1.165) is 25.7 Å². The summed E-state index contributed by atoms with van der Waals surface area (Å²) in [5.41, 5.74) is 0. The number of hydrogen-bond acceptors (Lipinski definition) is 4. The van der Waals surface area contributed by atoms with Gasteiger partial charge in [0.25, 0.3) is 0 Å². The van der Waals surface area contributed by atoms with Crippen molar-refractivity contribution in [2.24, 2.45) is 0 Å². The van der Waals surface area contributed by atoms with E-state index in [9.17, 15) is 0 Å². The Hall–Kier alpha value is 0.0569. The zero-order valence-corrected chi connectivity index (χ0v) is 23.4. The number of hydrogen-bond donors (Lipinski definition) is 0. The zero-order valence-electron chi connectivity index (χ0n) is 22.4. The summed E-state index contributed by atoms with van der Waals surface area (Å²) in [7, 11) is -3.06. The molecule has 0 spiro atoms. The summed E-state index contributed by atoms with van der Waals surface area (Å²) < 4.78 is 25.3. The molecule has 0 aromatic carbocycles. The lowest BCUT2D eigenvalue weighted by molar-refractivity contribution is -0.0375. The van der Waals surface area contributed by atoms with Crippen LogP contribution in [-0.4, -0.2) is 35.5 Å². The van der Waals surface area contributed by atoms with Crippen LogP contribution in [0.15, 0.2) is 0 Å². The molecule has 0 bridgehead atoms. The largest absolute Gasteiger partial charge is 0.679 e. The number of unbranched alkanes of at least 4 members (excludes halogenated alkanes) is 15. The fourth-order valence-electron chi connectivity index (χ4n) is 3.68. The second-order valence-corrected chi connectivity index (χ2v) is 11.4. The molecule has 0 aromatic heterocycles. The summed E-state index contributed by atoms with van der Waals surface area (Å²) in [6.45, 7) is 11.7. The van der Waals surface area contributed by atoms with Gasteiger partial charge in [-0.15, -0.1) is 0 Å². The third-order valence-electron chi connectivity index (χ3n) is 5.86. The van der Waals surface area contributed by atoms with Crippen molar-refractivity contribution in [2.45, 2.75) is 150 Å². The SMILES string of the molecule is CCCCCCCCCO[Si](OCCCCCC)(OCCCCCC)OCCCCCC. The van der Waals surface area contributed by atoms with Crippen LogP contribution in [0.4, 0.5) is 0 Å². The maximum Gasteiger partial charge on any atom is 0.679 e. The summed E-state index contributed by atoms with van der Waals surface area (Å²) in [4.78, 5) is 0. The van der Waals surface area contributed by atoms with Gasteiger partial charge in [-0.3, -0.25) is 0 Å². The highest BCUT2D eigenvalue weighted by Gasteiger charge is 2.45. The topological polar surface area (TPSA) is 36.9 Å². The van der Waals surface area contributed by atoms with Crippen LogP contribution in [0.25, 0.3) is 0 Å². The molecule has 0 saturated heterocycles. The van der Waals surface area contributed by atoms with Crippen molar-refractivity contribution >= 4 is 9.05 Å². The van der Waals surface area contributed by atoms with Crippen LogP contribution in [0.5, 0.6) is 0 Å². The van der Waals surface area contributed by atoms with Gasteiger partial charge in [-0.05, 0) is 25.7 Å². The van der Waals surface area contributed by atoms with E-state index < -0.39 is 9.05 Å². The Balaban J connectivity index is 4.66. The van der Waals surface area contributed by atoms with Crippen LogP contribution in [0, 0.1) is 0 Å². The molecule has 0 aliphatic rings. The Morgan fingerprint density at radius 2 is 0.531 bits per heavy atom. The van der Waals surface area contributed by atoms with Crippen LogP contribution in [0.2, 0.25) is 0 Å². The van der Waals surface area contributed by atoms with Crippen molar-refractivity contribution in [3.63, 3.8) is 0 Å². The Morgan fingerprint density at radius 1 is 0.312 bits per heavy atom. The molecule has 0 fully saturated rings. The number of rotatable bonds is 27. The van der Waals surface area contributed by atoms with E-state index >= 15 is 0 Å². The minimum Gasteiger partial charge on any atom is -0.351 e. The molecule has 0 radical (unpaired) electrons. The standard InChI is InChI=1S/C27H58O4Si/c1-5-9-13-17-18-19-23-27-31-32(28-24-20-14-10-6-2,29-25-21-15-11-7-3)30-26-22-16-12-8-4/h5-27H2,1-4H3. The molecule has 4 nitrogen and oxygen atoms in total. The van der Waals surface area contributed by atoms with Gasteiger partial charge in [-0.2, -0.15) is 0 Å². The van der Waals surface area contributed by atoms with Crippen molar-refractivity contribution in [2.75, 3.05) is 26.4 Å². The Kier molecular flexibility index (Phi) is 25.7. The van der Waals surface area contributed by atoms with Crippen LogP contribution in [-0.2, 0) is 17.7 Å². The van der Waals surface area contributed by atoms with Crippen LogP contribution >= 0.6 is 0 Å². The molecule has 0 unspecified atom stereocenters. The van der Waals surface area contributed by atoms with Gasteiger partial charge in [0.15, 0.2) is 0 Å². The first-order chi connectivity index (χ1) is 15.7. The predicted octanol–water partition coefficient (Wildman–Crippen LogP) is 8.98. The molecule has 0 saturated carbocycles. The van der Waals surface area contributed by atoms with Crippen LogP contribution in [0.3, 0.4) is 0 Å². The molecule has 5 heteroatoms. The van der Waals surface area contributed by atoms with Crippen molar-refractivity contribution in [1.29, 1.82) is 0 Å². The van der Waals surface area contributed by atoms with Gasteiger partial charge in [-0.1, -0.05) is 124 Å². The maximum atomic E-state index is 6.35. The normalized spacial score (nSPS) is 12.0. The highest BCUT2D eigenvalue weighted by molar-refractivity contribution is 6.53. The first kappa shape index (κ1) is 32.1. The van der Waals surface area contributed by atoms with Gasteiger partial charge in [0.2, 0.25) is 0 Å². The minimum atomic E-state index is -3.06. The van der Waals surface area contributed by atoms with Gasteiger partial charge >= 0.3 is 9.05 Å². The highest BCUT2D eigenvalue weighted by Crippen LogP contribution is 2.18. The van der Waals surface area contributed by atoms with Gasteiger partial charge in [-0.25, -0.2) is 0 Å². The monoisotopic (exact) mass is 474 g/mol.